The van der Waals surface area contributed by atoms with Crippen LogP contribution in [0.4, 0.5) is 13.2 Å². The van der Waals surface area contributed by atoms with Gasteiger partial charge in [-0.2, -0.15) is 13.2 Å². The summed E-state index contributed by atoms with van der Waals surface area (Å²) in [6.45, 7) is 0. The average Bonchev–Trinajstić information content (AvgIpc) is 3.09. The molecule has 7 heteroatoms. The topological polar surface area (TPSA) is 28.7 Å². The maximum atomic E-state index is 12.7. The van der Waals surface area contributed by atoms with Crippen molar-refractivity contribution in [2.45, 2.75) is 6.18 Å². The van der Waals surface area contributed by atoms with Crippen LogP contribution in [0.3, 0.4) is 0 Å². The van der Waals surface area contributed by atoms with Crippen molar-refractivity contribution in [2.75, 3.05) is 0 Å². The molecule has 4 rings (SSSR count). The molecule has 1 N–H and O–H groups in total. The number of nitrogens with one attached hydrogen (secondary N) is 1. The summed E-state index contributed by atoms with van der Waals surface area (Å²) in [7, 11) is 0. The van der Waals surface area contributed by atoms with Crippen molar-refractivity contribution in [3.05, 3.63) is 41.3 Å². The van der Waals surface area contributed by atoms with Crippen LogP contribution in [0.25, 0.3) is 31.1 Å². The molecule has 0 saturated heterocycles. The number of hydrogen-bond acceptors (Lipinski definition) is 3. The van der Waals surface area contributed by atoms with Gasteiger partial charge in [0.05, 0.1) is 21.5 Å². The predicted molar refractivity (Wildman–Crippen MR) is 79.8 cm³/mol. The molecule has 0 aliphatic heterocycles. The number of thiophene rings is 2. The second kappa shape index (κ2) is 4.32. The second-order valence-corrected chi connectivity index (χ2v) is 6.61. The highest BCUT2D eigenvalue weighted by Crippen LogP contribution is 2.36. The van der Waals surface area contributed by atoms with Crippen LogP contribution in [0.15, 0.2) is 35.7 Å². The third kappa shape index (κ3) is 2.13. The molecule has 0 atom stereocenters. The molecule has 0 amide bonds. The van der Waals surface area contributed by atoms with Crippen LogP contribution in [-0.4, -0.2) is 9.97 Å². The van der Waals surface area contributed by atoms with E-state index in [2.05, 4.69) is 9.97 Å². The molecule has 0 unspecified atom stereocenters. The largest absolute Gasteiger partial charge is 0.416 e. The molecule has 0 fully saturated rings. The van der Waals surface area contributed by atoms with Crippen molar-refractivity contribution >= 4 is 43.1 Å². The first-order valence-electron chi connectivity index (χ1n) is 6.05. The lowest BCUT2D eigenvalue weighted by Gasteiger charge is -2.05. The van der Waals surface area contributed by atoms with Gasteiger partial charge < -0.3 is 4.98 Å². The van der Waals surface area contributed by atoms with E-state index in [0.29, 0.717) is 16.9 Å². The van der Waals surface area contributed by atoms with E-state index in [1.807, 2.05) is 17.5 Å². The van der Waals surface area contributed by atoms with Gasteiger partial charge in [-0.1, -0.05) is 0 Å². The van der Waals surface area contributed by atoms with Crippen LogP contribution in [-0.2, 0) is 6.18 Å². The van der Waals surface area contributed by atoms with Crippen molar-refractivity contribution in [3.63, 3.8) is 0 Å². The summed E-state index contributed by atoms with van der Waals surface area (Å²) >= 11 is 3.21. The fourth-order valence-electron chi connectivity index (χ4n) is 2.19. The van der Waals surface area contributed by atoms with E-state index in [1.54, 1.807) is 22.7 Å². The Kier molecular flexibility index (Phi) is 2.64. The fourth-order valence-corrected chi connectivity index (χ4v) is 4.24. The monoisotopic (exact) mass is 324 g/mol. The van der Waals surface area contributed by atoms with E-state index in [9.17, 15) is 13.2 Å². The Balaban J connectivity index is 1.84. The molecule has 0 radical (unpaired) electrons. The molecule has 0 bridgehead atoms. The number of fused-ring (bicyclic) bond motifs is 2. The number of benzene rings is 1. The normalized spacial score (nSPS) is 12.5. The first kappa shape index (κ1) is 12.8. The molecular formula is C14H7F3N2S2. The van der Waals surface area contributed by atoms with Gasteiger partial charge in [-0.15, -0.1) is 22.7 Å². The molecule has 1 aromatic carbocycles. The van der Waals surface area contributed by atoms with Crippen LogP contribution in [0.2, 0.25) is 0 Å². The lowest BCUT2D eigenvalue weighted by Crippen LogP contribution is -2.04. The number of imidazole rings is 1. The third-order valence-electron chi connectivity index (χ3n) is 3.18. The standard InChI is InChI=1S/C14H7F3N2S2/c15-14(16,17)7-1-2-8-9(5-7)19-13(18-8)12-6-11-10(21-12)3-4-20-11/h1-6H,(H,18,19). The molecule has 4 aromatic rings. The van der Waals surface area contributed by atoms with E-state index in [4.69, 9.17) is 0 Å². The zero-order valence-corrected chi connectivity index (χ0v) is 12.0. The van der Waals surface area contributed by atoms with Gasteiger partial charge in [0.1, 0.15) is 5.82 Å². The van der Waals surface area contributed by atoms with Crippen LogP contribution < -0.4 is 0 Å². The minimum Gasteiger partial charge on any atom is -0.337 e. The number of aromatic amines is 1. The molecule has 3 heterocycles. The van der Waals surface area contributed by atoms with Gasteiger partial charge in [0, 0.05) is 9.40 Å². The number of halogens is 3. The van der Waals surface area contributed by atoms with Crippen LogP contribution in [0, 0.1) is 0 Å². The molecule has 106 valence electrons. The van der Waals surface area contributed by atoms with Gasteiger partial charge in [-0.05, 0) is 35.7 Å². The number of alkyl halides is 3. The Bertz CT molecular complexity index is 918. The SMILES string of the molecule is FC(F)(F)c1ccc2nc(-c3cc4sccc4s3)[nH]c2c1. The van der Waals surface area contributed by atoms with Crippen molar-refractivity contribution in [1.82, 2.24) is 9.97 Å². The van der Waals surface area contributed by atoms with E-state index in [1.165, 1.54) is 6.07 Å². The fraction of sp³-hybridized carbons (Fsp3) is 0.0714. The van der Waals surface area contributed by atoms with Gasteiger partial charge in [-0.25, -0.2) is 4.98 Å². The molecule has 2 nitrogen and oxygen atoms in total. The lowest BCUT2D eigenvalue weighted by atomic mass is 10.2. The van der Waals surface area contributed by atoms with Crippen molar-refractivity contribution in [2.24, 2.45) is 0 Å². The average molecular weight is 324 g/mol. The molecular weight excluding hydrogens is 317 g/mol. The Labute approximate surface area is 124 Å². The summed E-state index contributed by atoms with van der Waals surface area (Å²) in [5.74, 6) is 0.609. The number of hydrogen-bond donors (Lipinski definition) is 1. The second-order valence-electron chi connectivity index (χ2n) is 4.57. The highest BCUT2D eigenvalue weighted by molar-refractivity contribution is 7.28. The molecule has 21 heavy (non-hydrogen) atoms. The van der Waals surface area contributed by atoms with E-state index in [0.717, 1.165) is 26.4 Å². The minimum absolute atomic E-state index is 0.400. The van der Waals surface area contributed by atoms with Gasteiger partial charge in [0.25, 0.3) is 0 Å². The Hall–Kier alpha value is -1.86. The summed E-state index contributed by atoms with van der Waals surface area (Å²) in [5, 5.41) is 2.01. The number of nitrogens with zero attached hydrogens (tertiary/aromatic N) is 1. The van der Waals surface area contributed by atoms with Crippen molar-refractivity contribution < 1.29 is 13.2 Å². The predicted octanol–water partition coefficient (Wildman–Crippen LogP) is 5.52. The van der Waals surface area contributed by atoms with Crippen molar-refractivity contribution in [1.29, 1.82) is 0 Å². The van der Waals surface area contributed by atoms with E-state index < -0.39 is 11.7 Å². The Morgan fingerprint density at radius 3 is 2.67 bits per heavy atom. The van der Waals surface area contributed by atoms with Crippen molar-refractivity contribution in [3.8, 4) is 10.7 Å². The highest BCUT2D eigenvalue weighted by Gasteiger charge is 2.30. The van der Waals surface area contributed by atoms with E-state index >= 15 is 0 Å². The Morgan fingerprint density at radius 1 is 1.05 bits per heavy atom. The highest BCUT2D eigenvalue weighted by atomic mass is 32.1. The zero-order valence-electron chi connectivity index (χ0n) is 10.4. The maximum absolute atomic E-state index is 12.7. The Morgan fingerprint density at radius 2 is 1.90 bits per heavy atom. The van der Waals surface area contributed by atoms with Gasteiger partial charge in [0.15, 0.2) is 0 Å². The van der Waals surface area contributed by atoms with Crippen LogP contribution in [0.5, 0.6) is 0 Å². The first-order chi connectivity index (χ1) is 10.0. The van der Waals surface area contributed by atoms with Gasteiger partial charge in [0.2, 0.25) is 0 Å². The lowest BCUT2D eigenvalue weighted by molar-refractivity contribution is -0.137. The quantitative estimate of drug-likeness (QED) is 0.490. The maximum Gasteiger partial charge on any atom is 0.416 e. The summed E-state index contributed by atoms with van der Waals surface area (Å²) < 4.78 is 40.5. The summed E-state index contributed by atoms with van der Waals surface area (Å²) in [6.07, 6.45) is -4.34. The van der Waals surface area contributed by atoms with Crippen LogP contribution >= 0.6 is 22.7 Å². The third-order valence-corrected chi connectivity index (χ3v) is 5.28. The minimum atomic E-state index is -4.34. The van der Waals surface area contributed by atoms with Gasteiger partial charge in [-0.3, -0.25) is 0 Å². The zero-order chi connectivity index (χ0) is 14.6. The molecule has 0 aliphatic carbocycles. The molecule has 3 aromatic heterocycles. The van der Waals surface area contributed by atoms with Gasteiger partial charge >= 0.3 is 6.18 Å². The molecule has 0 spiro atoms. The molecule has 0 aliphatic rings. The molecule has 0 saturated carbocycles. The number of H-pyrrole nitrogens is 1. The smallest absolute Gasteiger partial charge is 0.337 e. The first-order valence-corrected chi connectivity index (χ1v) is 7.75. The summed E-state index contributed by atoms with van der Waals surface area (Å²) in [4.78, 5) is 8.28. The summed E-state index contributed by atoms with van der Waals surface area (Å²) in [6, 6.07) is 7.58. The summed E-state index contributed by atoms with van der Waals surface area (Å²) in [5.41, 5.74) is 0.267. The van der Waals surface area contributed by atoms with E-state index in [-0.39, 0.29) is 0 Å². The van der Waals surface area contributed by atoms with Crippen LogP contribution in [0.1, 0.15) is 5.56 Å². The number of aromatic nitrogens is 2. The number of rotatable bonds is 1.